The highest BCUT2D eigenvalue weighted by atomic mass is 35.5. The van der Waals surface area contributed by atoms with E-state index in [1.165, 1.54) is 5.56 Å². The number of amides is 3. The van der Waals surface area contributed by atoms with Crippen molar-refractivity contribution in [2.45, 2.75) is 44.7 Å². The molecule has 0 spiro atoms. The molecule has 2 heterocycles. The van der Waals surface area contributed by atoms with Gasteiger partial charge in [-0.05, 0) is 43.9 Å². The average molecular weight is 515 g/mol. The summed E-state index contributed by atoms with van der Waals surface area (Å²) in [6, 6.07) is 15.5. The Bertz CT molecular complexity index is 1050. The van der Waals surface area contributed by atoms with Gasteiger partial charge in [-0.15, -0.1) is 12.4 Å². The molecule has 2 atom stereocenters. The molecule has 0 aromatic heterocycles. The van der Waals surface area contributed by atoms with Crippen LogP contribution in [-0.4, -0.2) is 61.4 Å². The molecule has 0 unspecified atom stereocenters. The van der Waals surface area contributed by atoms with Crippen molar-refractivity contribution in [1.82, 2.24) is 20.9 Å². The summed E-state index contributed by atoms with van der Waals surface area (Å²) < 4.78 is 5.76. The Morgan fingerprint density at radius 3 is 2.61 bits per heavy atom. The van der Waals surface area contributed by atoms with Gasteiger partial charge in [-0.25, -0.2) is 0 Å². The lowest BCUT2D eigenvalue weighted by molar-refractivity contribution is -0.133. The van der Waals surface area contributed by atoms with Crippen molar-refractivity contribution in [2.75, 3.05) is 32.8 Å². The number of carbonyl (C=O) groups is 3. The second kappa shape index (κ2) is 13.3. The Labute approximate surface area is 218 Å². The number of nitrogens with one attached hydrogen (secondary N) is 3. The van der Waals surface area contributed by atoms with Gasteiger partial charge in [-0.2, -0.15) is 0 Å². The fourth-order valence-corrected chi connectivity index (χ4v) is 4.66. The quantitative estimate of drug-likeness (QED) is 0.572. The van der Waals surface area contributed by atoms with Gasteiger partial charge in [-0.1, -0.05) is 42.0 Å². The van der Waals surface area contributed by atoms with E-state index < -0.39 is 0 Å². The van der Waals surface area contributed by atoms with Crippen LogP contribution in [-0.2, 0) is 9.59 Å². The van der Waals surface area contributed by atoms with Crippen LogP contribution in [0.1, 0.15) is 53.2 Å². The van der Waals surface area contributed by atoms with Crippen molar-refractivity contribution in [2.24, 2.45) is 0 Å². The minimum Gasteiger partial charge on any atom is -0.491 e. The van der Waals surface area contributed by atoms with E-state index in [9.17, 15) is 14.4 Å². The van der Waals surface area contributed by atoms with Crippen LogP contribution in [0.15, 0.2) is 48.5 Å². The third-order valence-electron chi connectivity index (χ3n) is 6.52. The second-order valence-corrected chi connectivity index (χ2v) is 9.14. The van der Waals surface area contributed by atoms with Crippen LogP contribution in [0.25, 0.3) is 0 Å². The maximum Gasteiger partial charge on any atom is 0.255 e. The minimum absolute atomic E-state index is 0. The van der Waals surface area contributed by atoms with Crippen LogP contribution in [0.3, 0.4) is 0 Å². The fourth-order valence-electron chi connectivity index (χ4n) is 4.66. The lowest BCUT2D eigenvalue weighted by Crippen LogP contribution is -2.47. The fraction of sp³-hybridized carbons (Fsp3) is 0.444. The van der Waals surface area contributed by atoms with Crippen molar-refractivity contribution in [3.05, 3.63) is 65.2 Å². The number of hydrogen-bond donors (Lipinski definition) is 3. The number of hydrogen-bond acceptors (Lipinski definition) is 5. The standard InChI is InChI=1S/C27H34N4O4.ClH/c1-19-9-12-24-21(18-19)26(33)29-13-16-31(15-5-8-25(32)28-14-17-35-24)27(34)23-11-10-22(30-23)20-6-3-2-4-7-20;/h2-4,6-7,9,12,18,22-23,30H,5,8,10-11,13-17H2,1H3,(H,28,32)(H,29,33);1H/t22-,23-;/m1./s1. The number of nitrogens with zero attached hydrogens (tertiary/aromatic N) is 1. The molecule has 194 valence electrons. The zero-order valence-corrected chi connectivity index (χ0v) is 21.4. The van der Waals surface area contributed by atoms with Gasteiger partial charge in [0.15, 0.2) is 0 Å². The summed E-state index contributed by atoms with van der Waals surface area (Å²) in [6.07, 6.45) is 2.53. The van der Waals surface area contributed by atoms with E-state index in [0.29, 0.717) is 50.3 Å². The summed E-state index contributed by atoms with van der Waals surface area (Å²) in [4.78, 5) is 40.3. The van der Waals surface area contributed by atoms with E-state index >= 15 is 0 Å². The zero-order valence-electron chi connectivity index (χ0n) is 20.6. The summed E-state index contributed by atoms with van der Waals surface area (Å²) in [6.45, 7) is 3.70. The van der Waals surface area contributed by atoms with Gasteiger partial charge in [0.25, 0.3) is 5.91 Å². The first kappa shape index (κ1) is 27.5. The normalized spacial score (nSPS) is 21.5. The molecule has 1 saturated heterocycles. The van der Waals surface area contributed by atoms with Gasteiger partial charge in [0.1, 0.15) is 12.4 Å². The second-order valence-electron chi connectivity index (χ2n) is 9.14. The highest BCUT2D eigenvalue weighted by Gasteiger charge is 2.32. The number of rotatable bonds is 2. The van der Waals surface area contributed by atoms with Gasteiger partial charge in [-0.3, -0.25) is 19.7 Å². The predicted molar refractivity (Wildman–Crippen MR) is 140 cm³/mol. The Kier molecular flexibility index (Phi) is 10.1. The van der Waals surface area contributed by atoms with Gasteiger partial charge >= 0.3 is 0 Å². The van der Waals surface area contributed by atoms with Gasteiger partial charge in [0.05, 0.1) is 18.2 Å². The molecule has 9 heteroatoms. The van der Waals surface area contributed by atoms with Crippen LogP contribution >= 0.6 is 12.4 Å². The molecule has 2 aliphatic heterocycles. The Morgan fingerprint density at radius 2 is 1.81 bits per heavy atom. The summed E-state index contributed by atoms with van der Waals surface area (Å²) in [5.41, 5.74) is 2.58. The van der Waals surface area contributed by atoms with Gasteiger partial charge < -0.3 is 20.3 Å². The molecule has 0 bridgehead atoms. The number of benzene rings is 2. The molecule has 4 rings (SSSR count). The zero-order chi connectivity index (χ0) is 24.6. The number of aryl methyl sites for hydroxylation is 1. The van der Waals surface area contributed by atoms with Crippen LogP contribution in [0.4, 0.5) is 0 Å². The smallest absolute Gasteiger partial charge is 0.255 e. The van der Waals surface area contributed by atoms with Crippen molar-refractivity contribution >= 4 is 30.1 Å². The first-order valence-corrected chi connectivity index (χ1v) is 12.4. The van der Waals surface area contributed by atoms with Gasteiger partial charge in [0.2, 0.25) is 11.8 Å². The first-order chi connectivity index (χ1) is 17.0. The van der Waals surface area contributed by atoms with Crippen molar-refractivity contribution in [1.29, 1.82) is 0 Å². The van der Waals surface area contributed by atoms with Crippen LogP contribution in [0.2, 0.25) is 0 Å². The average Bonchev–Trinajstić information content (AvgIpc) is 3.36. The van der Waals surface area contributed by atoms with Crippen LogP contribution < -0.4 is 20.7 Å². The van der Waals surface area contributed by atoms with Crippen molar-refractivity contribution < 1.29 is 19.1 Å². The number of fused-ring (bicyclic) bond motifs is 1. The molecule has 36 heavy (non-hydrogen) atoms. The summed E-state index contributed by atoms with van der Waals surface area (Å²) in [5.74, 6) is 0.185. The molecule has 2 aromatic carbocycles. The third kappa shape index (κ3) is 7.21. The number of carbonyl (C=O) groups excluding carboxylic acids is 3. The molecular weight excluding hydrogens is 480 g/mol. The highest BCUT2D eigenvalue weighted by molar-refractivity contribution is 5.97. The van der Waals surface area contributed by atoms with E-state index in [1.807, 2.05) is 31.2 Å². The molecule has 0 radical (unpaired) electrons. The predicted octanol–water partition coefficient (Wildman–Crippen LogP) is 2.76. The topological polar surface area (TPSA) is 99.8 Å². The molecule has 2 aromatic rings. The van der Waals surface area contributed by atoms with Crippen molar-refractivity contribution in [3.8, 4) is 5.75 Å². The highest BCUT2D eigenvalue weighted by Crippen LogP contribution is 2.27. The molecule has 0 aliphatic carbocycles. The lowest BCUT2D eigenvalue weighted by Gasteiger charge is -2.26. The third-order valence-corrected chi connectivity index (χ3v) is 6.52. The largest absolute Gasteiger partial charge is 0.491 e. The van der Waals surface area contributed by atoms with E-state index in [-0.39, 0.29) is 48.8 Å². The SMILES string of the molecule is Cc1ccc2c(c1)C(=O)NCCN(C(=O)[C@H]1CC[C@H](c3ccccc3)N1)CCCC(=O)NCCO2.Cl. The number of halogens is 1. The molecule has 3 amide bonds. The maximum absolute atomic E-state index is 13.4. The monoisotopic (exact) mass is 514 g/mol. The maximum atomic E-state index is 13.4. The van der Waals surface area contributed by atoms with E-state index in [4.69, 9.17) is 4.74 Å². The van der Waals surface area contributed by atoms with Crippen LogP contribution in [0.5, 0.6) is 5.75 Å². The molecule has 3 N–H and O–H groups in total. The molecule has 0 saturated carbocycles. The summed E-state index contributed by atoms with van der Waals surface area (Å²) >= 11 is 0. The van der Waals surface area contributed by atoms with E-state index in [1.54, 1.807) is 17.0 Å². The molecule has 1 fully saturated rings. The lowest BCUT2D eigenvalue weighted by atomic mass is 10.1. The Hall–Kier alpha value is -3.10. The molecule has 8 nitrogen and oxygen atoms in total. The number of ether oxygens (including phenoxy) is 1. The van der Waals surface area contributed by atoms with E-state index in [2.05, 4.69) is 28.1 Å². The summed E-state index contributed by atoms with van der Waals surface area (Å²) in [5, 5.41) is 9.27. The summed E-state index contributed by atoms with van der Waals surface area (Å²) in [7, 11) is 0. The van der Waals surface area contributed by atoms with Crippen LogP contribution in [0, 0.1) is 6.92 Å². The van der Waals surface area contributed by atoms with Gasteiger partial charge in [0, 0.05) is 32.1 Å². The Morgan fingerprint density at radius 1 is 1.00 bits per heavy atom. The van der Waals surface area contributed by atoms with Crippen molar-refractivity contribution in [3.63, 3.8) is 0 Å². The molecule has 2 aliphatic rings. The minimum atomic E-state index is -0.274. The molecular formula is C27H35ClN4O4. The van der Waals surface area contributed by atoms with E-state index in [0.717, 1.165) is 18.4 Å². The Balaban J connectivity index is 0.00000361. The first-order valence-electron chi connectivity index (χ1n) is 12.4.